The quantitative estimate of drug-likeness (QED) is 0.284. The molecule has 0 saturated heterocycles. The van der Waals surface area contributed by atoms with Gasteiger partial charge in [0.15, 0.2) is 0 Å². The Morgan fingerprint density at radius 1 is 0.892 bits per heavy atom. The van der Waals surface area contributed by atoms with E-state index in [0.29, 0.717) is 13.2 Å². The van der Waals surface area contributed by atoms with Gasteiger partial charge in [-0.1, -0.05) is 88.7 Å². The average Bonchev–Trinajstić information content (AvgIpc) is 2.87. The smallest absolute Gasteiger partial charge is 0.132 e. The van der Waals surface area contributed by atoms with E-state index < -0.39 is 5.60 Å². The monoisotopic (exact) mass is 501 g/mol. The average molecular weight is 502 g/mol. The van der Waals surface area contributed by atoms with E-state index in [1.807, 2.05) is 18.2 Å². The first kappa shape index (κ1) is 27.2. The zero-order chi connectivity index (χ0) is 26.5. The molecule has 1 heterocycles. The zero-order valence-electron chi connectivity index (χ0n) is 23.3. The molecular formula is C33H43NO3. The molecular weight excluding hydrogens is 458 g/mol. The second-order valence-electron chi connectivity index (χ2n) is 11.6. The first-order valence-corrected chi connectivity index (χ1v) is 13.6. The van der Waals surface area contributed by atoms with Crippen LogP contribution in [0.4, 0.5) is 5.69 Å². The third kappa shape index (κ3) is 6.94. The van der Waals surface area contributed by atoms with Crippen LogP contribution in [0.3, 0.4) is 0 Å². The number of fused-ring (bicyclic) bond motifs is 1. The van der Waals surface area contributed by atoms with Crippen molar-refractivity contribution in [3.63, 3.8) is 0 Å². The van der Waals surface area contributed by atoms with Crippen molar-refractivity contribution in [3.8, 4) is 5.75 Å². The molecule has 2 atom stereocenters. The second-order valence-corrected chi connectivity index (χ2v) is 11.6. The molecule has 4 nitrogen and oxygen atoms in total. The lowest BCUT2D eigenvalue weighted by Crippen LogP contribution is -2.51. The van der Waals surface area contributed by atoms with E-state index in [-0.39, 0.29) is 17.6 Å². The lowest BCUT2D eigenvalue weighted by atomic mass is 9.87. The molecule has 4 heteroatoms. The van der Waals surface area contributed by atoms with Crippen LogP contribution in [0, 0.1) is 0 Å². The molecule has 0 fully saturated rings. The number of hydrogen-bond acceptors (Lipinski definition) is 4. The van der Waals surface area contributed by atoms with E-state index in [4.69, 9.17) is 14.2 Å². The molecule has 37 heavy (non-hydrogen) atoms. The predicted molar refractivity (Wildman–Crippen MR) is 152 cm³/mol. The van der Waals surface area contributed by atoms with Gasteiger partial charge in [0.1, 0.15) is 23.6 Å². The lowest BCUT2D eigenvalue weighted by Gasteiger charge is -2.44. The highest BCUT2D eigenvalue weighted by atomic mass is 16.6. The Kier molecular flexibility index (Phi) is 8.61. The molecule has 0 saturated carbocycles. The van der Waals surface area contributed by atoms with Gasteiger partial charge in [-0.25, -0.2) is 0 Å². The van der Waals surface area contributed by atoms with Crippen LogP contribution in [-0.2, 0) is 28.0 Å². The molecule has 1 aliphatic rings. The maximum Gasteiger partial charge on any atom is 0.132 e. The maximum atomic E-state index is 6.52. The number of unbranched alkanes of at least 4 members (excludes halogenated alkanes) is 1. The summed E-state index contributed by atoms with van der Waals surface area (Å²) in [7, 11) is 0. The van der Waals surface area contributed by atoms with Crippen molar-refractivity contribution in [1.82, 2.24) is 0 Å². The van der Waals surface area contributed by atoms with Gasteiger partial charge in [-0.3, -0.25) is 0 Å². The van der Waals surface area contributed by atoms with Crippen LogP contribution in [0.2, 0.25) is 0 Å². The van der Waals surface area contributed by atoms with Gasteiger partial charge >= 0.3 is 0 Å². The number of ether oxygens (including phenoxy) is 3. The van der Waals surface area contributed by atoms with Gasteiger partial charge in [0.25, 0.3) is 0 Å². The molecule has 1 N–H and O–H groups in total. The fourth-order valence-corrected chi connectivity index (χ4v) is 4.75. The summed E-state index contributed by atoms with van der Waals surface area (Å²) in [5, 5.41) is 3.60. The number of rotatable bonds is 10. The van der Waals surface area contributed by atoms with Gasteiger partial charge < -0.3 is 19.5 Å². The van der Waals surface area contributed by atoms with E-state index in [2.05, 4.69) is 101 Å². The summed E-state index contributed by atoms with van der Waals surface area (Å²) in [5.74, 6) is 0.867. The number of benzene rings is 3. The van der Waals surface area contributed by atoms with Crippen LogP contribution < -0.4 is 10.1 Å². The summed E-state index contributed by atoms with van der Waals surface area (Å²) >= 11 is 0. The van der Waals surface area contributed by atoms with Crippen LogP contribution in [0.15, 0.2) is 72.8 Å². The summed E-state index contributed by atoms with van der Waals surface area (Å²) in [6, 6.07) is 25.5. The van der Waals surface area contributed by atoms with Crippen LogP contribution in [-0.4, -0.2) is 18.3 Å². The first-order valence-electron chi connectivity index (χ1n) is 13.6. The van der Waals surface area contributed by atoms with Crippen molar-refractivity contribution in [3.05, 3.63) is 95.1 Å². The lowest BCUT2D eigenvalue weighted by molar-refractivity contribution is -0.167. The summed E-state index contributed by atoms with van der Waals surface area (Å²) in [4.78, 5) is 0. The number of nitrogens with one attached hydrogen (secondary N) is 1. The molecule has 3 aromatic carbocycles. The van der Waals surface area contributed by atoms with E-state index in [1.165, 1.54) is 11.1 Å². The Hall–Kier alpha value is -2.82. The molecule has 0 aromatic heterocycles. The highest BCUT2D eigenvalue weighted by molar-refractivity contribution is 5.54. The first-order chi connectivity index (χ1) is 17.7. The predicted octanol–water partition coefficient (Wildman–Crippen LogP) is 8.21. The summed E-state index contributed by atoms with van der Waals surface area (Å²) < 4.78 is 19.5. The molecule has 3 aromatic rings. The Balaban J connectivity index is 1.54. The zero-order valence-corrected chi connectivity index (χ0v) is 23.3. The molecule has 2 unspecified atom stereocenters. The Bertz CT molecular complexity index is 1130. The van der Waals surface area contributed by atoms with Gasteiger partial charge in [0, 0.05) is 24.4 Å². The standard InChI is InChI=1S/C33H43NO3/c1-7-8-20-35-30-28-21-27(34-22-24-14-16-26(17-15-24)32(2,3)4)18-19-29(28)37-33(5,6)31(30)36-23-25-12-10-9-11-13-25/h9-19,21,30-31,34H,7-8,20,22-23H2,1-6H3. The van der Waals surface area contributed by atoms with Crippen LogP contribution in [0.1, 0.15) is 82.7 Å². The van der Waals surface area contributed by atoms with Gasteiger partial charge in [-0.15, -0.1) is 0 Å². The van der Waals surface area contributed by atoms with Crippen LogP contribution >= 0.6 is 0 Å². The van der Waals surface area contributed by atoms with Crippen LogP contribution in [0.25, 0.3) is 0 Å². The summed E-state index contributed by atoms with van der Waals surface area (Å²) in [5.41, 5.74) is 5.46. The molecule has 1 aliphatic heterocycles. The SMILES string of the molecule is CCCCOC1c2cc(NCc3ccc(C(C)(C)C)cc3)ccc2OC(C)(C)C1OCc1ccccc1. The third-order valence-electron chi connectivity index (χ3n) is 7.03. The second kappa shape index (κ2) is 11.7. The minimum absolute atomic E-state index is 0.157. The largest absolute Gasteiger partial charge is 0.485 e. The highest BCUT2D eigenvalue weighted by Crippen LogP contribution is 2.44. The summed E-state index contributed by atoms with van der Waals surface area (Å²) in [6.45, 7) is 15.1. The van der Waals surface area contributed by atoms with Gasteiger partial charge in [-0.05, 0) is 60.6 Å². The van der Waals surface area contributed by atoms with Gasteiger partial charge in [0.05, 0.1) is 6.61 Å². The van der Waals surface area contributed by atoms with Gasteiger partial charge in [-0.2, -0.15) is 0 Å². The van der Waals surface area contributed by atoms with E-state index in [9.17, 15) is 0 Å². The highest BCUT2D eigenvalue weighted by Gasteiger charge is 2.45. The number of anilines is 1. The Morgan fingerprint density at radius 3 is 2.30 bits per heavy atom. The Labute approximate surface area is 223 Å². The third-order valence-corrected chi connectivity index (χ3v) is 7.03. The minimum Gasteiger partial charge on any atom is -0.485 e. The minimum atomic E-state index is -0.525. The maximum absolute atomic E-state index is 6.52. The fraction of sp³-hybridized carbons (Fsp3) is 0.455. The molecule has 0 amide bonds. The van der Waals surface area contributed by atoms with Crippen molar-refractivity contribution in [2.75, 3.05) is 11.9 Å². The van der Waals surface area contributed by atoms with E-state index in [0.717, 1.165) is 42.0 Å². The van der Waals surface area contributed by atoms with E-state index in [1.54, 1.807) is 0 Å². The molecule has 0 radical (unpaired) electrons. The normalized spacial score (nSPS) is 18.6. The van der Waals surface area contributed by atoms with E-state index >= 15 is 0 Å². The molecule has 0 spiro atoms. The number of hydrogen-bond donors (Lipinski definition) is 1. The van der Waals surface area contributed by atoms with Crippen molar-refractivity contribution in [2.24, 2.45) is 0 Å². The van der Waals surface area contributed by atoms with Crippen molar-refractivity contribution >= 4 is 5.69 Å². The van der Waals surface area contributed by atoms with Crippen LogP contribution in [0.5, 0.6) is 5.75 Å². The Morgan fingerprint density at radius 2 is 1.62 bits per heavy atom. The van der Waals surface area contributed by atoms with Crippen molar-refractivity contribution in [1.29, 1.82) is 0 Å². The molecule has 0 aliphatic carbocycles. The van der Waals surface area contributed by atoms with Crippen molar-refractivity contribution < 1.29 is 14.2 Å². The summed E-state index contributed by atoms with van der Waals surface area (Å²) in [6.07, 6.45) is 1.66. The topological polar surface area (TPSA) is 39.7 Å². The molecule has 198 valence electrons. The van der Waals surface area contributed by atoms with Gasteiger partial charge in [0.2, 0.25) is 0 Å². The molecule has 4 rings (SSSR count). The van der Waals surface area contributed by atoms with Crippen molar-refractivity contribution in [2.45, 2.75) is 90.8 Å². The fourth-order valence-electron chi connectivity index (χ4n) is 4.75. The molecule has 0 bridgehead atoms.